The molecule has 3 rings (SSSR count). The normalized spacial score (nSPS) is 18.6. The molecule has 1 unspecified atom stereocenters. The maximum atomic E-state index is 6.40. The molecule has 1 aromatic carbocycles. The van der Waals surface area contributed by atoms with Crippen LogP contribution in [0.15, 0.2) is 18.2 Å². The second-order valence-corrected chi connectivity index (χ2v) is 6.61. The number of hydrogen-bond donors (Lipinski definition) is 0. The Morgan fingerprint density at radius 3 is 2.57 bits per heavy atom. The van der Waals surface area contributed by atoms with E-state index in [1.807, 2.05) is 19.1 Å². The van der Waals surface area contributed by atoms with E-state index in [2.05, 4.69) is 10.6 Å². The topological polar surface area (TPSA) is 27.1 Å². The van der Waals surface area contributed by atoms with E-state index in [1.54, 1.807) is 7.11 Å². The van der Waals surface area contributed by atoms with Gasteiger partial charge in [-0.25, -0.2) is 4.98 Å². The minimum absolute atomic E-state index is 0.0772. The molecular formula is C17H23ClN2O. The van der Waals surface area contributed by atoms with E-state index in [1.165, 1.54) is 44.0 Å². The van der Waals surface area contributed by atoms with Gasteiger partial charge in [0.05, 0.1) is 23.5 Å². The van der Waals surface area contributed by atoms with Crippen LogP contribution in [0.2, 0.25) is 0 Å². The Labute approximate surface area is 131 Å². The lowest BCUT2D eigenvalue weighted by Gasteiger charge is -2.21. The number of ether oxygens (including phenoxy) is 1. The van der Waals surface area contributed by atoms with Gasteiger partial charge in [-0.1, -0.05) is 25.7 Å². The van der Waals surface area contributed by atoms with Crippen LogP contribution in [0.3, 0.4) is 0 Å². The van der Waals surface area contributed by atoms with Gasteiger partial charge in [0.25, 0.3) is 0 Å². The Morgan fingerprint density at radius 1 is 1.24 bits per heavy atom. The van der Waals surface area contributed by atoms with E-state index in [0.29, 0.717) is 6.04 Å². The maximum Gasteiger partial charge on any atom is 0.127 e. The van der Waals surface area contributed by atoms with Crippen molar-refractivity contribution in [2.24, 2.45) is 0 Å². The summed E-state index contributed by atoms with van der Waals surface area (Å²) in [6, 6.07) is 6.67. The van der Waals surface area contributed by atoms with E-state index in [9.17, 15) is 0 Å². The smallest absolute Gasteiger partial charge is 0.127 e. The SMILES string of the molecule is COc1ccc2c(c1)nc(C(C)Cl)n2C1CCCCCC1. The van der Waals surface area contributed by atoms with Crippen LogP contribution in [0.5, 0.6) is 5.75 Å². The molecule has 1 fully saturated rings. The minimum Gasteiger partial charge on any atom is -0.497 e. The Morgan fingerprint density at radius 2 is 1.95 bits per heavy atom. The van der Waals surface area contributed by atoms with Crippen LogP contribution in [0.4, 0.5) is 0 Å². The summed E-state index contributed by atoms with van der Waals surface area (Å²) < 4.78 is 7.70. The highest BCUT2D eigenvalue weighted by Gasteiger charge is 2.22. The Kier molecular flexibility index (Phi) is 4.39. The predicted octanol–water partition coefficient (Wildman–Crippen LogP) is 5.24. The van der Waals surface area contributed by atoms with Crippen molar-refractivity contribution in [2.45, 2.75) is 56.9 Å². The molecule has 1 aliphatic carbocycles. The van der Waals surface area contributed by atoms with Crippen LogP contribution in [0.1, 0.15) is 62.7 Å². The molecule has 114 valence electrons. The molecule has 21 heavy (non-hydrogen) atoms. The average molecular weight is 307 g/mol. The zero-order valence-electron chi connectivity index (χ0n) is 12.8. The van der Waals surface area contributed by atoms with E-state index in [0.717, 1.165) is 17.1 Å². The van der Waals surface area contributed by atoms with Crippen molar-refractivity contribution in [3.8, 4) is 5.75 Å². The molecule has 0 bridgehead atoms. The van der Waals surface area contributed by atoms with E-state index < -0.39 is 0 Å². The van der Waals surface area contributed by atoms with Gasteiger partial charge in [0.15, 0.2) is 0 Å². The Hall–Kier alpha value is -1.22. The summed E-state index contributed by atoms with van der Waals surface area (Å²) in [5.41, 5.74) is 2.17. The standard InChI is InChI=1S/C17H23ClN2O/c1-12(18)17-19-15-11-14(21-2)9-10-16(15)20(17)13-7-5-3-4-6-8-13/h9-13H,3-8H2,1-2H3. The van der Waals surface area contributed by atoms with Gasteiger partial charge in [0.2, 0.25) is 0 Å². The zero-order chi connectivity index (χ0) is 14.8. The highest BCUT2D eigenvalue weighted by atomic mass is 35.5. The van der Waals surface area contributed by atoms with Gasteiger partial charge in [-0.2, -0.15) is 0 Å². The molecular weight excluding hydrogens is 284 g/mol. The number of imidazole rings is 1. The molecule has 0 amide bonds. The van der Waals surface area contributed by atoms with Crippen molar-refractivity contribution in [1.29, 1.82) is 0 Å². The first kappa shape index (κ1) is 14.7. The first-order valence-electron chi connectivity index (χ1n) is 7.90. The maximum absolute atomic E-state index is 6.40. The number of rotatable bonds is 3. The second kappa shape index (κ2) is 6.27. The summed E-state index contributed by atoms with van der Waals surface area (Å²) in [6.45, 7) is 2.01. The number of hydrogen-bond acceptors (Lipinski definition) is 2. The molecule has 1 aliphatic rings. The van der Waals surface area contributed by atoms with Crippen LogP contribution in [-0.2, 0) is 0 Å². The quantitative estimate of drug-likeness (QED) is 0.573. The molecule has 0 aliphatic heterocycles. The van der Waals surface area contributed by atoms with Crippen molar-refractivity contribution in [3.05, 3.63) is 24.0 Å². The Bertz CT molecular complexity index is 613. The predicted molar refractivity (Wildman–Crippen MR) is 87.3 cm³/mol. The number of fused-ring (bicyclic) bond motifs is 1. The molecule has 0 spiro atoms. The third-order valence-electron chi connectivity index (χ3n) is 4.47. The van der Waals surface area contributed by atoms with Gasteiger partial charge in [-0.05, 0) is 31.9 Å². The fraction of sp³-hybridized carbons (Fsp3) is 0.588. The fourth-order valence-electron chi connectivity index (χ4n) is 3.40. The molecule has 1 aromatic heterocycles. The molecule has 0 N–H and O–H groups in total. The van der Waals surface area contributed by atoms with Crippen molar-refractivity contribution in [2.75, 3.05) is 7.11 Å². The number of halogens is 1. The van der Waals surface area contributed by atoms with Crippen molar-refractivity contribution in [1.82, 2.24) is 9.55 Å². The van der Waals surface area contributed by atoms with Crippen LogP contribution in [0, 0.1) is 0 Å². The van der Waals surface area contributed by atoms with Gasteiger partial charge in [0.1, 0.15) is 11.6 Å². The molecule has 3 nitrogen and oxygen atoms in total. The van der Waals surface area contributed by atoms with Crippen LogP contribution in [-0.4, -0.2) is 16.7 Å². The monoisotopic (exact) mass is 306 g/mol. The third kappa shape index (κ3) is 2.89. The molecule has 0 radical (unpaired) electrons. The number of nitrogens with zero attached hydrogens (tertiary/aromatic N) is 2. The molecule has 1 saturated carbocycles. The molecule has 1 heterocycles. The number of benzene rings is 1. The van der Waals surface area contributed by atoms with Crippen LogP contribution >= 0.6 is 11.6 Å². The van der Waals surface area contributed by atoms with Gasteiger partial charge in [0, 0.05) is 12.1 Å². The number of alkyl halides is 1. The largest absolute Gasteiger partial charge is 0.497 e. The summed E-state index contributed by atoms with van der Waals surface area (Å²) in [5, 5.41) is -0.0772. The molecule has 1 atom stereocenters. The minimum atomic E-state index is -0.0772. The zero-order valence-corrected chi connectivity index (χ0v) is 13.6. The average Bonchev–Trinajstić information content (AvgIpc) is 2.67. The van der Waals surface area contributed by atoms with Gasteiger partial charge in [-0.3, -0.25) is 0 Å². The summed E-state index contributed by atoms with van der Waals surface area (Å²) in [6.07, 6.45) is 7.76. The van der Waals surface area contributed by atoms with Crippen LogP contribution in [0.25, 0.3) is 11.0 Å². The lowest BCUT2D eigenvalue weighted by Crippen LogP contribution is -2.12. The van der Waals surface area contributed by atoms with Crippen molar-refractivity contribution < 1.29 is 4.74 Å². The molecule has 0 saturated heterocycles. The first-order chi connectivity index (χ1) is 10.2. The van der Waals surface area contributed by atoms with E-state index >= 15 is 0 Å². The summed E-state index contributed by atoms with van der Waals surface area (Å²) in [5.74, 6) is 1.84. The third-order valence-corrected chi connectivity index (χ3v) is 4.66. The molecule has 4 heteroatoms. The Balaban J connectivity index is 2.11. The van der Waals surface area contributed by atoms with Gasteiger partial charge in [-0.15, -0.1) is 11.6 Å². The number of methoxy groups -OCH3 is 1. The highest BCUT2D eigenvalue weighted by Crippen LogP contribution is 2.35. The van der Waals surface area contributed by atoms with Gasteiger partial charge >= 0.3 is 0 Å². The van der Waals surface area contributed by atoms with Crippen LogP contribution < -0.4 is 4.74 Å². The van der Waals surface area contributed by atoms with Gasteiger partial charge < -0.3 is 9.30 Å². The lowest BCUT2D eigenvalue weighted by atomic mass is 10.1. The lowest BCUT2D eigenvalue weighted by molar-refractivity contribution is 0.415. The summed E-state index contributed by atoms with van der Waals surface area (Å²) >= 11 is 6.40. The number of aromatic nitrogens is 2. The van der Waals surface area contributed by atoms with E-state index in [-0.39, 0.29) is 5.38 Å². The summed E-state index contributed by atoms with van der Waals surface area (Å²) in [7, 11) is 1.69. The molecule has 2 aromatic rings. The summed E-state index contributed by atoms with van der Waals surface area (Å²) in [4.78, 5) is 4.78. The first-order valence-corrected chi connectivity index (χ1v) is 8.34. The second-order valence-electron chi connectivity index (χ2n) is 5.96. The fourth-order valence-corrected chi connectivity index (χ4v) is 3.56. The van der Waals surface area contributed by atoms with E-state index in [4.69, 9.17) is 21.3 Å². The highest BCUT2D eigenvalue weighted by molar-refractivity contribution is 6.20. The van der Waals surface area contributed by atoms with Crippen molar-refractivity contribution in [3.63, 3.8) is 0 Å². The van der Waals surface area contributed by atoms with Crippen molar-refractivity contribution >= 4 is 22.6 Å².